The molecule has 1 saturated carbocycles. The van der Waals surface area contributed by atoms with Crippen LogP contribution in [-0.4, -0.2) is 40.1 Å². The molecule has 0 aliphatic heterocycles. The monoisotopic (exact) mass is 264 g/mol. The normalized spacial score (nSPS) is 15.5. The van der Waals surface area contributed by atoms with Crippen LogP contribution in [0.2, 0.25) is 0 Å². The van der Waals surface area contributed by atoms with Crippen molar-refractivity contribution in [2.75, 3.05) is 18.6 Å². The zero-order valence-electron chi connectivity index (χ0n) is 10.9. The van der Waals surface area contributed by atoms with Crippen LogP contribution < -0.4 is 11.3 Å². The molecule has 0 aromatic carbocycles. The molecule has 19 heavy (non-hydrogen) atoms. The standard InChI is InChI=1S/C13H20N4O2/c14-16-12-9-10(5-6-15-12)13(19)17(7-8-18)11-3-1-2-4-11/h5-6,9,11,18H,1-4,7-8,14H2,(H,15,16). The van der Waals surface area contributed by atoms with Gasteiger partial charge in [0.1, 0.15) is 5.82 Å². The molecule has 0 unspecified atom stereocenters. The first kappa shape index (κ1) is 13.8. The Morgan fingerprint density at radius 2 is 2.26 bits per heavy atom. The fourth-order valence-corrected chi connectivity index (χ4v) is 2.58. The van der Waals surface area contributed by atoms with E-state index in [1.165, 1.54) is 0 Å². The predicted molar refractivity (Wildman–Crippen MR) is 72.4 cm³/mol. The number of aromatic nitrogens is 1. The number of carbonyl (C=O) groups excluding carboxylic acids is 1. The van der Waals surface area contributed by atoms with Gasteiger partial charge in [0.25, 0.3) is 5.91 Å². The van der Waals surface area contributed by atoms with E-state index in [1.807, 2.05) is 0 Å². The number of amides is 1. The van der Waals surface area contributed by atoms with Crippen molar-refractivity contribution in [2.24, 2.45) is 5.84 Å². The third kappa shape index (κ3) is 3.21. The summed E-state index contributed by atoms with van der Waals surface area (Å²) in [5, 5.41) is 9.15. The lowest BCUT2D eigenvalue weighted by Gasteiger charge is -2.28. The van der Waals surface area contributed by atoms with E-state index >= 15 is 0 Å². The molecule has 0 spiro atoms. The highest BCUT2D eigenvalue weighted by molar-refractivity contribution is 5.95. The molecule has 1 aliphatic rings. The minimum Gasteiger partial charge on any atom is -0.395 e. The van der Waals surface area contributed by atoms with Crippen LogP contribution in [0, 0.1) is 0 Å². The van der Waals surface area contributed by atoms with Gasteiger partial charge in [0.15, 0.2) is 0 Å². The van der Waals surface area contributed by atoms with Gasteiger partial charge in [-0.25, -0.2) is 10.8 Å². The summed E-state index contributed by atoms with van der Waals surface area (Å²) in [7, 11) is 0. The Kier molecular flexibility index (Phi) is 4.70. The van der Waals surface area contributed by atoms with Gasteiger partial charge in [0, 0.05) is 24.3 Å². The molecule has 0 radical (unpaired) electrons. The van der Waals surface area contributed by atoms with E-state index in [0.29, 0.717) is 17.9 Å². The van der Waals surface area contributed by atoms with Gasteiger partial charge in [0.2, 0.25) is 0 Å². The van der Waals surface area contributed by atoms with Crippen LogP contribution in [0.4, 0.5) is 5.82 Å². The Bertz CT molecular complexity index is 432. The van der Waals surface area contributed by atoms with Crippen molar-refractivity contribution < 1.29 is 9.90 Å². The molecule has 1 aromatic heterocycles. The summed E-state index contributed by atoms with van der Waals surface area (Å²) in [6.45, 7) is 0.354. The highest BCUT2D eigenvalue weighted by atomic mass is 16.3. The highest BCUT2D eigenvalue weighted by Crippen LogP contribution is 2.25. The molecule has 6 heteroatoms. The minimum absolute atomic E-state index is 0.0185. The zero-order chi connectivity index (χ0) is 13.7. The Balaban J connectivity index is 2.17. The zero-order valence-corrected chi connectivity index (χ0v) is 10.9. The second-order valence-electron chi connectivity index (χ2n) is 4.73. The molecule has 6 nitrogen and oxygen atoms in total. The smallest absolute Gasteiger partial charge is 0.254 e. The molecular weight excluding hydrogens is 244 g/mol. The van der Waals surface area contributed by atoms with E-state index in [0.717, 1.165) is 25.7 Å². The molecule has 1 aromatic rings. The number of carbonyl (C=O) groups is 1. The first-order valence-electron chi connectivity index (χ1n) is 6.60. The fourth-order valence-electron chi connectivity index (χ4n) is 2.58. The predicted octanol–water partition coefficient (Wildman–Crippen LogP) is 0.744. The van der Waals surface area contributed by atoms with Crippen molar-refractivity contribution in [2.45, 2.75) is 31.7 Å². The molecule has 1 fully saturated rings. The second-order valence-corrected chi connectivity index (χ2v) is 4.73. The lowest BCUT2D eigenvalue weighted by Crippen LogP contribution is -2.40. The summed E-state index contributed by atoms with van der Waals surface area (Å²) in [6.07, 6.45) is 5.86. The van der Waals surface area contributed by atoms with E-state index in [2.05, 4.69) is 10.4 Å². The third-order valence-electron chi connectivity index (χ3n) is 3.52. The van der Waals surface area contributed by atoms with Gasteiger partial charge in [-0.1, -0.05) is 12.8 Å². The maximum absolute atomic E-state index is 12.5. The number of anilines is 1. The number of nitrogens with one attached hydrogen (secondary N) is 1. The van der Waals surface area contributed by atoms with Crippen LogP contribution in [-0.2, 0) is 0 Å². The third-order valence-corrected chi connectivity index (χ3v) is 3.52. The molecule has 0 atom stereocenters. The van der Waals surface area contributed by atoms with Crippen LogP contribution in [0.25, 0.3) is 0 Å². The summed E-state index contributed by atoms with van der Waals surface area (Å²) >= 11 is 0. The minimum atomic E-state index is -0.0696. The van der Waals surface area contributed by atoms with E-state index in [4.69, 9.17) is 10.9 Å². The number of aliphatic hydroxyl groups is 1. The lowest BCUT2D eigenvalue weighted by atomic mass is 10.1. The summed E-state index contributed by atoms with van der Waals surface area (Å²) in [5.74, 6) is 5.69. The second kappa shape index (κ2) is 6.49. The molecule has 2 rings (SSSR count). The maximum atomic E-state index is 12.5. The summed E-state index contributed by atoms with van der Waals surface area (Å²) < 4.78 is 0. The topological polar surface area (TPSA) is 91.5 Å². The fraction of sp³-hybridized carbons (Fsp3) is 0.538. The molecule has 1 aliphatic carbocycles. The van der Waals surface area contributed by atoms with E-state index in [9.17, 15) is 4.79 Å². The summed E-state index contributed by atoms with van der Waals surface area (Å²) in [5.41, 5.74) is 2.98. The molecule has 4 N–H and O–H groups in total. The van der Waals surface area contributed by atoms with E-state index in [-0.39, 0.29) is 18.6 Å². The number of hydrazine groups is 1. The Hall–Kier alpha value is -1.66. The van der Waals surface area contributed by atoms with Crippen molar-refractivity contribution in [1.82, 2.24) is 9.88 Å². The lowest BCUT2D eigenvalue weighted by molar-refractivity contribution is 0.0638. The van der Waals surface area contributed by atoms with Crippen LogP contribution >= 0.6 is 0 Å². The van der Waals surface area contributed by atoms with Crippen LogP contribution in [0.5, 0.6) is 0 Å². The molecule has 0 saturated heterocycles. The SMILES string of the molecule is NNc1cc(C(=O)N(CCO)C2CCCC2)ccn1. The molecule has 1 heterocycles. The first-order valence-corrected chi connectivity index (χ1v) is 6.60. The quantitative estimate of drug-likeness (QED) is 0.539. The van der Waals surface area contributed by atoms with Crippen molar-refractivity contribution in [1.29, 1.82) is 0 Å². The molecule has 1 amide bonds. The van der Waals surface area contributed by atoms with Gasteiger partial charge in [-0.2, -0.15) is 0 Å². The number of aliphatic hydroxyl groups excluding tert-OH is 1. The number of nitrogens with two attached hydrogens (primary N) is 1. The Morgan fingerprint density at radius 3 is 2.89 bits per heavy atom. The van der Waals surface area contributed by atoms with Crippen molar-refractivity contribution in [3.63, 3.8) is 0 Å². The van der Waals surface area contributed by atoms with Crippen LogP contribution in [0.15, 0.2) is 18.3 Å². The average Bonchev–Trinajstić information content (AvgIpc) is 2.98. The number of rotatable bonds is 5. The van der Waals surface area contributed by atoms with E-state index in [1.54, 1.807) is 23.2 Å². The van der Waals surface area contributed by atoms with Gasteiger partial charge < -0.3 is 15.4 Å². The van der Waals surface area contributed by atoms with Gasteiger partial charge in [-0.15, -0.1) is 0 Å². The van der Waals surface area contributed by atoms with Crippen molar-refractivity contribution in [3.05, 3.63) is 23.9 Å². The number of nitrogen functional groups attached to an aromatic ring is 1. The van der Waals surface area contributed by atoms with Crippen molar-refractivity contribution >= 4 is 11.7 Å². The summed E-state index contributed by atoms with van der Waals surface area (Å²) in [6, 6.07) is 3.53. The van der Waals surface area contributed by atoms with Crippen LogP contribution in [0.3, 0.4) is 0 Å². The Morgan fingerprint density at radius 1 is 1.53 bits per heavy atom. The largest absolute Gasteiger partial charge is 0.395 e. The summed E-state index contributed by atoms with van der Waals surface area (Å²) in [4.78, 5) is 18.3. The van der Waals surface area contributed by atoms with Crippen molar-refractivity contribution in [3.8, 4) is 0 Å². The van der Waals surface area contributed by atoms with Gasteiger partial charge in [0.05, 0.1) is 6.61 Å². The number of pyridine rings is 1. The number of nitrogens with zero attached hydrogens (tertiary/aromatic N) is 2. The molecular formula is C13H20N4O2. The average molecular weight is 264 g/mol. The molecule has 0 bridgehead atoms. The Labute approximate surface area is 112 Å². The first-order chi connectivity index (χ1) is 9.26. The molecule has 104 valence electrons. The van der Waals surface area contributed by atoms with Gasteiger partial charge in [-0.05, 0) is 25.0 Å². The van der Waals surface area contributed by atoms with Crippen LogP contribution in [0.1, 0.15) is 36.0 Å². The number of hydrogen-bond acceptors (Lipinski definition) is 5. The van der Waals surface area contributed by atoms with Gasteiger partial charge >= 0.3 is 0 Å². The van der Waals surface area contributed by atoms with E-state index < -0.39 is 0 Å². The number of hydrogen-bond donors (Lipinski definition) is 3. The maximum Gasteiger partial charge on any atom is 0.254 e. The highest BCUT2D eigenvalue weighted by Gasteiger charge is 2.27. The van der Waals surface area contributed by atoms with Gasteiger partial charge in [-0.3, -0.25) is 4.79 Å².